The van der Waals surface area contributed by atoms with Crippen molar-refractivity contribution in [2.75, 3.05) is 6.61 Å². The fraction of sp³-hybridized carbons (Fsp3) is 0.429. The van der Waals surface area contributed by atoms with Gasteiger partial charge in [-0.05, 0) is 31.0 Å². The molecule has 2 amide bonds. The lowest BCUT2D eigenvalue weighted by Gasteiger charge is -2.09. The zero-order valence-electron chi connectivity index (χ0n) is 12.0. The van der Waals surface area contributed by atoms with E-state index >= 15 is 0 Å². The summed E-state index contributed by atoms with van der Waals surface area (Å²) in [6.45, 7) is 2.11. The number of primary amides is 1. The normalized spacial score (nSPS) is 11.1. The minimum atomic E-state index is -0.528. The first-order valence-corrected chi connectivity index (χ1v) is 6.49. The molecule has 0 spiro atoms. The van der Waals surface area contributed by atoms with Gasteiger partial charge in [-0.3, -0.25) is 9.59 Å². The fourth-order valence-electron chi connectivity index (χ4n) is 1.55. The molecular weight excluding hydrogens is 294 g/mol. The SMILES string of the molecule is CC(N)CCC(=O)NCc1cccc(OCC(N)=O)c1.Cl. The number of nitrogens with two attached hydrogens (primary N) is 2. The van der Waals surface area contributed by atoms with Crippen molar-refractivity contribution in [2.45, 2.75) is 32.4 Å². The summed E-state index contributed by atoms with van der Waals surface area (Å²) >= 11 is 0. The Morgan fingerprint density at radius 3 is 2.71 bits per heavy atom. The molecule has 0 aliphatic rings. The van der Waals surface area contributed by atoms with Crippen LogP contribution in [0.5, 0.6) is 5.75 Å². The molecule has 0 aliphatic heterocycles. The Bertz CT molecular complexity index is 467. The highest BCUT2D eigenvalue weighted by Crippen LogP contribution is 2.13. The van der Waals surface area contributed by atoms with Crippen LogP contribution in [-0.4, -0.2) is 24.5 Å². The number of amides is 2. The fourth-order valence-corrected chi connectivity index (χ4v) is 1.55. The Balaban J connectivity index is 0.00000400. The van der Waals surface area contributed by atoms with Crippen molar-refractivity contribution >= 4 is 24.2 Å². The first kappa shape index (κ1) is 19.2. The van der Waals surface area contributed by atoms with E-state index in [1.807, 2.05) is 13.0 Å². The van der Waals surface area contributed by atoms with Crippen LogP contribution in [0.25, 0.3) is 0 Å². The Morgan fingerprint density at radius 1 is 1.38 bits per heavy atom. The van der Waals surface area contributed by atoms with E-state index in [1.54, 1.807) is 18.2 Å². The van der Waals surface area contributed by atoms with Gasteiger partial charge in [-0.1, -0.05) is 12.1 Å². The second-order valence-electron chi connectivity index (χ2n) is 4.70. The highest BCUT2D eigenvalue weighted by molar-refractivity contribution is 5.85. The van der Waals surface area contributed by atoms with E-state index in [1.165, 1.54) is 0 Å². The number of ether oxygens (including phenoxy) is 1. The lowest BCUT2D eigenvalue weighted by atomic mass is 10.2. The zero-order valence-corrected chi connectivity index (χ0v) is 12.8. The number of hydrogen-bond acceptors (Lipinski definition) is 4. The smallest absolute Gasteiger partial charge is 0.255 e. The summed E-state index contributed by atoms with van der Waals surface area (Å²) in [5.74, 6) is -0.0171. The number of benzene rings is 1. The Hall–Kier alpha value is -1.79. The Kier molecular flexibility index (Phi) is 9.16. The first-order valence-electron chi connectivity index (χ1n) is 6.49. The van der Waals surface area contributed by atoms with Gasteiger partial charge in [0.15, 0.2) is 6.61 Å². The summed E-state index contributed by atoms with van der Waals surface area (Å²) in [6, 6.07) is 7.16. The van der Waals surface area contributed by atoms with Crippen molar-refractivity contribution in [3.8, 4) is 5.75 Å². The standard InChI is InChI=1S/C14H21N3O3.ClH/c1-10(15)5-6-14(19)17-8-11-3-2-4-12(7-11)20-9-13(16)18;/h2-4,7,10H,5-6,8-9,15H2,1H3,(H2,16,18)(H,17,19);1H. The molecule has 1 aromatic carbocycles. The molecule has 0 saturated heterocycles. The van der Waals surface area contributed by atoms with Gasteiger partial charge < -0.3 is 21.5 Å². The van der Waals surface area contributed by atoms with Crippen molar-refractivity contribution < 1.29 is 14.3 Å². The quantitative estimate of drug-likeness (QED) is 0.656. The number of halogens is 1. The average molecular weight is 316 g/mol. The van der Waals surface area contributed by atoms with Crippen LogP contribution in [0.2, 0.25) is 0 Å². The summed E-state index contributed by atoms with van der Waals surface area (Å²) < 4.78 is 5.19. The molecule has 1 unspecified atom stereocenters. The maximum atomic E-state index is 11.6. The van der Waals surface area contributed by atoms with Gasteiger partial charge in [-0.15, -0.1) is 12.4 Å². The predicted molar refractivity (Wildman–Crippen MR) is 83.1 cm³/mol. The van der Waals surface area contributed by atoms with Gasteiger partial charge >= 0.3 is 0 Å². The number of carbonyl (C=O) groups excluding carboxylic acids is 2. The molecule has 21 heavy (non-hydrogen) atoms. The van der Waals surface area contributed by atoms with Gasteiger partial charge in [0, 0.05) is 19.0 Å². The van der Waals surface area contributed by atoms with Crippen LogP contribution in [0.3, 0.4) is 0 Å². The van der Waals surface area contributed by atoms with Crippen LogP contribution < -0.4 is 21.5 Å². The van der Waals surface area contributed by atoms with Crippen LogP contribution in [0.1, 0.15) is 25.3 Å². The molecule has 1 atom stereocenters. The first-order chi connectivity index (χ1) is 9.47. The number of carbonyl (C=O) groups is 2. The minimum Gasteiger partial charge on any atom is -0.484 e. The third kappa shape index (κ3) is 8.88. The second kappa shape index (κ2) is 10.0. The Morgan fingerprint density at radius 2 is 2.10 bits per heavy atom. The van der Waals surface area contributed by atoms with Crippen molar-refractivity contribution in [3.05, 3.63) is 29.8 Å². The molecule has 5 N–H and O–H groups in total. The van der Waals surface area contributed by atoms with Crippen LogP contribution in [0, 0.1) is 0 Å². The molecule has 0 heterocycles. The van der Waals surface area contributed by atoms with Gasteiger partial charge in [-0.2, -0.15) is 0 Å². The second-order valence-corrected chi connectivity index (χ2v) is 4.70. The van der Waals surface area contributed by atoms with Crippen molar-refractivity contribution in [2.24, 2.45) is 11.5 Å². The lowest BCUT2D eigenvalue weighted by Crippen LogP contribution is -2.25. The van der Waals surface area contributed by atoms with E-state index in [9.17, 15) is 9.59 Å². The summed E-state index contributed by atoms with van der Waals surface area (Å²) in [4.78, 5) is 22.2. The molecule has 1 aromatic rings. The molecule has 118 valence electrons. The average Bonchev–Trinajstić information content (AvgIpc) is 2.41. The molecule has 0 fully saturated rings. The monoisotopic (exact) mass is 315 g/mol. The number of hydrogen-bond donors (Lipinski definition) is 3. The largest absolute Gasteiger partial charge is 0.484 e. The summed E-state index contributed by atoms with van der Waals surface area (Å²) in [5.41, 5.74) is 11.5. The molecule has 6 nitrogen and oxygen atoms in total. The third-order valence-corrected chi connectivity index (χ3v) is 2.60. The van der Waals surface area contributed by atoms with Crippen LogP contribution >= 0.6 is 12.4 Å². The molecular formula is C14H22ClN3O3. The van der Waals surface area contributed by atoms with Crippen molar-refractivity contribution in [1.29, 1.82) is 0 Å². The molecule has 0 radical (unpaired) electrons. The van der Waals surface area contributed by atoms with E-state index in [2.05, 4.69) is 5.32 Å². The van der Waals surface area contributed by atoms with E-state index in [-0.39, 0.29) is 31.0 Å². The zero-order chi connectivity index (χ0) is 15.0. The molecule has 7 heteroatoms. The van der Waals surface area contributed by atoms with Crippen molar-refractivity contribution in [3.63, 3.8) is 0 Å². The maximum absolute atomic E-state index is 11.6. The minimum absolute atomic E-state index is 0. The highest BCUT2D eigenvalue weighted by Gasteiger charge is 2.04. The maximum Gasteiger partial charge on any atom is 0.255 e. The van der Waals surface area contributed by atoms with Crippen molar-refractivity contribution in [1.82, 2.24) is 5.32 Å². The highest BCUT2D eigenvalue weighted by atomic mass is 35.5. The number of rotatable bonds is 8. The topological polar surface area (TPSA) is 107 Å². The Labute approximate surface area is 130 Å². The van der Waals surface area contributed by atoms with Gasteiger partial charge in [0.2, 0.25) is 5.91 Å². The van der Waals surface area contributed by atoms with Crippen LogP contribution in [0.15, 0.2) is 24.3 Å². The predicted octanol–water partition coefficient (Wildman–Crippen LogP) is 0.716. The van der Waals surface area contributed by atoms with Gasteiger partial charge in [0.1, 0.15) is 5.75 Å². The molecule has 0 saturated carbocycles. The molecule has 0 aromatic heterocycles. The molecule has 0 aliphatic carbocycles. The summed E-state index contributed by atoms with van der Waals surface area (Å²) in [6.07, 6.45) is 1.07. The lowest BCUT2D eigenvalue weighted by molar-refractivity contribution is -0.121. The van der Waals surface area contributed by atoms with E-state index in [0.717, 1.165) is 5.56 Å². The van der Waals surface area contributed by atoms with E-state index in [4.69, 9.17) is 16.2 Å². The van der Waals surface area contributed by atoms with Gasteiger partial charge in [0.25, 0.3) is 5.91 Å². The molecule has 1 rings (SSSR count). The van der Waals surface area contributed by atoms with Crippen LogP contribution in [-0.2, 0) is 16.1 Å². The van der Waals surface area contributed by atoms with E-state index in [0.29, 0.717) is 25.1 Å². The molecule has 0 bridgehead atoms. The summed E-state index contributed by atoms with van der Waals surface area (Å²) in [5, 5.41) is 2.80. The summed E-state index contributed by atoms with van der Waals surface area (Å²) in [7, 11) is 0. The van der Waals surface area contributed by atoms with Crippen LogP contribution in [0.4, 0.5) is 0 Å². The third-order valence-electron chi connectivity index (χ3n) is 2.60. The van der Waals surface area contributed by atoms with Gasteiger partial charge in [0.05, 0.1) is 0 Å². The number of nitrogens with one attached hydrogen (secondary N) is 1. The van der Waals surface area contributed by atoms with Gasteiger partial charge in [-0.25, -0.2) is 0 Å². The van der Waals surface area contributed by atoms with E-state index < -0.39 is 5.91 Å².